The Morgan fingerprint density at radius 2 is 1.81 bits per heavy atom. The molecular formula is C16H20FN3O. The summed E-state index contributed by atoms with van der Waals surface area (Å²) >= 11 is 0. The average molecular weight is 289 g/mol. The van der Waals surface area contributed by atoms with Gasteiger partial charge in [-0.2, -0.15) is 0 Å². The minimum Gasteiger partial charge on any atom is -0.364 e. The molecule has 0 radical (unpaired) electrons. The molecule has 2 heterocycles. The number of benzene rings is 1. The van der Waals surface area contributed by atoms with E-state index in [0.29, 0.717) is 5.56 Å². The van der Waals surface area contributed by atoms with Gasteiger partial charge in [0.2, 0.25) is 0 Å². The van der Waals surface area contributed by atoms with Crippen LogP contribution < -0.4 is 0 Å². The molecule has 1 saturated heterocycles. The highest BCUT2D eigenvalue weighted by Crippen LogP contribution is 2.13. The van der Waals surface area contributed by atoms with E-state index in [9.17, 15) is 4.39 Å². The third-order valence-electron chi connectivity index (χ3n) is 3.98. The summed E-state index contributed by atoms with van der Waals surface area (Å²) < 4.78 is 18.4. The molecule has 3 rings (SSSR count). The van der Waals surface area contributed by atoms with Crippen molar-refractivity contribution in [2.75, 3.05) is 26.2 Å². The molecule has 1 fully saturated rings. The Balaban J connectivity index is 1.50. The van der Waals surface area contributed by atoms with E-state index >= 15 is 0 Å². The first-order valence-electron chi connectivity index (χ1n) is 7.30. The molecule has 0 bridgehead atoms. The van der Waals surface area contributed by atoms with Crippen LogP contribution in [0.1, 0.15) is 16.8 Å². The normalized spacial score (nSPS) is 17.2. The van der Waals surface area contributed by atoms with Crippen molar-refractivity contribution in [1.29, 1.82) is 0 Å². The Labute approximate surface area is 124 Å². The van der Waals surface area contributed by atoms with Gasteiger partial charge in [-0.1, -0.05) is 17.3 Å². The highest BCUT2D eigenvalue weighted by Gasteiger charge is 2.18. The smallest absolute Gasteiger partial charge is 0.126 e. The fourth-order valence-corrected chi connectivity index (χ4v) is 2.65. The van der Waals surface area contributed by atoms with Gasteiger partial charge in [-0.05, 0) is 24.1 Å². The lowest BCUT2D eigenvalue weighted by atomic mass is 10.1. The van der Waals surface area contributed by atoms with E-state index in [2.05, 4.69) is 15.0 Å². The summed E-state index contributed by atoms with van der Waals surface area (Å²) in [6.45, 7) is 7.43. The molecule has 5 heteroatoms. The Morgan fingerprint density at radius 3 is 2.43 bits per heavy atom. The molecule has 0 spiro atoms. The van der Waals surface area contributed by atoms with E-state index in [1.165, 1.54) is 0 Å². The number of piperazine rings is 1. The summed E-state index contributed by atoms with van der Waals surface area (Å²) in [5.41, 5.74) is 2.73. The molecule has 0 unspecified atom stereocenters. The zero-order chi connectivity index (χ0) is 14.7. The van der Waals surface area contributed by atoms with E-state index in [1.807, 2.05) is 18.2 Å². The van der Waals surface area contributed by atoms with Crippen molar-refractivity contribution in [3.8, 4) is 0 Å². The SMILES string of the molecule is Cc1ccc(CN2CCN(Cc3ccon3)CC2)cc1F. The standard InChI is InChI=1S/C16H20FN3O/c1-13-2-3-14(10-16(13)17)11-19-5-7-20(8-6-19)12-15-4-9-21-18-15/h2-4,9-10H,5-8,11-12H2,1H3. The molecule has 0 atom stereocenters. The number of halogens is 1. The van der Waals surface area contributed by atoms with Gasteiger partial charge in [0.1, 0.15) is 12.1 Å². The summed E-state index contributed by atoms with van der Waals surface area (Å²) in [6.07, 6.45) is 1.61. The van der Waals surface area contributed by atoms with Gasteiger partial charge in [0.15, 0.2) is 0 Å². The van der Waals surface area contributed by atoms with Crippen molar-refractivity contribution in [2.45, 2.75) is 20.0 Å². The summed E-state index contributed by atoms with van der Waals surface area (Å²) in [7, 11) is 0. The zero-order valence-corrected chi connectivity index (χ0v) is 12.3. The van der Waals surface area contributed by atoms with Gasteiger partial charge in [0, 0.05) is 45.3 Å². The number of hydrogen-bond acceptors (Lipinski definition) is 4. The van der Waals surface area contributed by atoms with Crippen LogP contribution in [0.4, 0.5) is 4.39 Å². The van der Waals surface area contributed by atoms with Crippen LogP contribution in [0.2, 0.25) is 0 Å². The van der Waals surface area contributed by atoms with Crippen molar-refractivity contribution >= 4 is 0 Å². The Bertz CT molecular complexity index is 577. The summed E-state index contributed by atoms with van der Waals surface area (Å²) in [6, 6.07) is 7.42. The Morgan fingerprint density at radius 1 is 1.10 bits per heavy atom. The predicted octanol–water partition coefficient (Wildman–Crippen LogP) is 2.44. The van der Waals surface area contributed by atoms with E-state index in [0.717, 1.165) is 50.5 Å². The number of aryl methyl sites for hydroxylation is 1. The maximum atomic E-state index is 13.6. The fourth-order valence-electron chi connectivity index (χ4n) is 2.65. The van der Waals surface area contributed by atoms with Crippen LogP contribution in [0.15, 0.2) is 35.1 Å². The molecule has 112 valence electrons. The molecule has 0 saturated carbocycles. The zero-order valence-electron chi connectivity index (χ0n) is 12.3. The number of nitrogens with zero attached hydrogens (tertiary/aromatic N) is 3. The summed E-state index contributed by atoms with van der Waals surface area (Å²) in [5, 5.41) is 3.94. The first-order chi connectivity index (χ1) is 10.2. The minimum absolute atomic E-state index is 0.114. The first kappa shape index (κ1) is 14.2. The molecule has 21 heavy (non-hydrogen) atoms. The molecule has 0 amide bonds. The van der Waals surface area contributed by atoms with Gasteiger partial charge >= 0.3 is 0 Å². The predicted molar refractivity (Wildman–Crippen MR) is 78.2 cm³/mol. The van der Waals surface area contributed by atoms with Gasteiger partial charge in [-0.3, -0.25) is 9.80 Å². The van der Waals surface area contributed by atoms with Gasteiger partial charge in [-0.15, -0.1) is 0 Å². The molecular weight excluding hydrogens is 269 g/mol. The van der Waals surface area contributed by atoms with Crippen molar-refractivity contribution < 1.29 is 8.91 Å². The van der Waals surface area contributed by atoms with Crippen LogP contribution in [0.3, 0.4) is 0 Å². The molecule has 1 aromatic carbocycles. The van der Waals surface area contributed by atoms with E-state index < -0.39 is 0 Å². The lowest BCUT2D eigenvalue weighted by molar-refractivity contribution is 0.120. The lowest BCUT2D eigenvalue weighted by Crippen LogP contribution is -2.45. The lowest BCUT2D eigenvalue weighted by Gasteiger charge is -2.34. The minimum atomic E-state index is -0.114. The molecule has 0 N–H and O–H groups in total. The van der Waals surface area contributed by atoms with Gasteiger partial charge < -0.3 is 4.52 Å². The van der Waals surface area contributed by atoms with E-state index in [-0.39, 0.29) is 5.82 Å². The van der Waals surface area contributed by atoms with E-state index in [1.54, 1.807) is 19.3 Å². The molecule has 1 aliphatic rings. The van der Waals surface area contributed by atoms with Crippen LogP contribution in [-0.4, -0.2) is 41.1 Å². The fraction of sp³-hybridized carbons (Fsp3) is 0.438. The maximum absolute atomic E-state index is 13.6. The second kappa shape index (κ2) is 6.37. The van der Waals surface area contributed by atoms with Crippen LogP contribution in [0.5, 0.6) is 0 Å². The Kier molecular flexibility index (Phi) is 4.31. The molecule has 2 aromatic rings. The quantitative estimate of drug-likeness (QED) is 0.865. The van der Waals surface area contributed by atoms with Crippen LogP contribution in [0, 0.1) is 12.7 Å². The number of aromatic nitrogens is 1. The highest BCUT2D eigenvalue weighted by atomic mass is 19.1. The number of hydrogen-bond donors (Lipinski definition) is 0. The third-order valence-corrected chi connectivity index (χ3v) is 3.98. The molecule has 0 aliphatic carbocycles. The van der Waals surface area contributed by atoms with Crippen molar-refractivity contribution in [1.82, 2.24) is 15.0 Å². The third kappa shape index (κ3) is 3.68. The largest absolute Gasteiger partial charge is 0.364 e. The summed E-state index contributed by atoms with van der Waals surface area (Å²) in [5.74, 6) is -0.114. The van der Waals surface area contributed by atoms with Gasteiger partial charge in [0.25, 0.3) is 0 Å². The maximum Gasteiger partial charge on any atom is 0.126 e. The number of rotatable bonds is 4. The second-order valence-corrected chi connectivity index (χ2v) is 5.63. The van der Waals surface area contributed by atoms with Crippen molar-refractivity contribution in [3.63, 3.8) is 0 Å². The van der Waals surface area contributed by atoms with Crippen molar-refractivity contribution in [3.05, 3.63) is 53.2 Å². The van der Waals surface area contributed by atoms with Crippen LogP contribution in [-0.2, 0) is 13.1 Å². The average Bonchev–Trinajstić information content (AvgIpc) is 2.98. The highest BCUT2D eigenvalue weighted by molar-refractivity contribution is 5.23. The monoisotopic (exact) mass is 289 g/mol. The van der Waals surface area contributed by atoms with Crippen molar-refractivity contribution in [2.24, 2.45) is 0 Å². The molecule has 4 nitrogen and oxygen atoms in total. The van der Waals surface area contributed by atoms with Crippen LogP contribution >= 0.6 is 0 Å². The summed E-state index contributed by atoms with van der Waals surface area (Å²) in [4.78, 5) is 4.73. The Hall–Kier alpha value is -1.72. The molecule has 1 aromatic heterocycles. The van der Waals surface area contributed by atoms with Gasteiger partial charge in [0.05, 0.1) is 5.69 Å². The first-order valence-corrected chi connectivity index (χ1v) is 7.30. The van der Waals surface area contributed by atoms with Crippen LogP contribution in [0.25, 0.3) is 0 Å². The van der Waals surface area contributed by atoms with E-state index in [4.69, 9.17) is 4.52 Å². The topological polar surface area (TPSA) is 32.5 Å². The van der Waals surface area contributed by atoms with Gasteiger partial charge in [-0.25, -0.2) is 4.39 Å². The molecule has 1 aliphatic heterocycles. The second-order valence-electron chi connectivity index (χ2n) is 5.63.